The molecule has 0 radical (unpaired) electrons. The van der Waals surface area contributed by atoms with E-state index in [-0.39, 0.29) is 5.78 Å². The average Bonchev–Trinajstić information content (AvgIpc) is 3.08. The fraction of sp³-hybridized carbons (Fsp3) is 0.263. The van der Waals surface area contributed by atoms with E-state index in [1.165, 1.54) is 4.88 Å². The third-order valence-electron chi connectivity index (χ3n) is 3.75. The molecular weight excluding hydrogens is 336 g/mol. The largest absolute Gasteiger partial charge is 0.491 e. The van der Waals surface area contributed by atoms with Crippen LogP contribution >= 0.6 is 11.3 Å². The summed E-state index contributed by atoms with van der Waals surface area (Å²) in [7, 11) is 1.63. The number of fused-ring (bicyclic) bond motifs is 1. The predicted octanol–water partition coefficient (Wildman–Crippen LogP) is 3.93. The van der Waals surface area contributed by atoms with E-state index in [0.717, 1.165) is 22.1 Å². The number of aromatic nitrogens is 2. The Morgan fingerprint density at radius 3 is 2.72 bits per heavy atom. The Bertz CT molecular complexity index is 907. The van der Waals surface area contributed by atoms with Gasteiger partial charge in [0.15, 0.2) is 10.7 Å². The highest BCUT2D eigenvalue weighted by atomic mass is 32.1. The normalized spacial score (nSPS) is 11.5. The number of hydrogen-bond acceptors (Lipinski definition) is 5. The van der Waals surface area contributed by atoms with Gasteiger partial charge >= 0.3 is 0 Å². The maximum absolute atomic E-state index is 12.4. The van der Waals surface area contributed by atoms with E-state index in [1.807, 2.05) is 30.5 Å². The van der Waals surface area contributed by atoms with Gasteiger partial charge in [0.25, 0.3) is 0 Å². The van der Waals surface area contributed by atoms with Crippen molar-refractivity contribution in [2.45, 2.75) is 13.8 Å². The minimum absolute atomic E-state index is 0.0512. The Morgan fingerprint density at radius 1 is 1.24 bits per heavy atom. The quantitative estimate of drug-likeness (QED) is 0.366. The highest BCUT2D eigenvalue weighted by Gasteiger charge is 2.09. The van der Waals surface area contributed by atoms with Gasteiger partial charge in [0.2, 0.25) is 0 Å². The molecule has 0 atom stereocenters. The van der Waals surface area contributed by atoms with Crippen LogP contribution in [0.5, 0.6) is 5.75 Å². The molecule has 2 heterocycles. The Kier molecular flexibility index (Phi) is 5.31. The summed E-state index contributed by atoms with van der Waals surface area (Å²) < 4.78 is 12.5. The molecule has 130 valence electrons. The van der Waals surface area contributed by atoms with Crippen molar-refractivity contribution in [1.82, 2.24) is 9.38 Å². The lowest BCUT2D eigenvalue weighted by Gasteiger charge is -2.05. The molecule has 0 bridgehead atoms. The summed E-state index contributed by atoms with van der Waals surface area (Å²) in [5, 5.41) is 0. The van der Waals surface area contributed by atoms with Gasteiger partial charge in [-0.2, -0.15) is 0 Å². The zero-order valence-corrected chi connectivity index (χ0v) is 15.3. The molecule has 3 aromatic rings. The Hall–Kier alpha value is -2.44. The average molecular weight is 356 g/mol. The van der Waals surface area contributed by atoms with Gasteiger partial charge in [-0.05, 0) is 50.3 Å². The minimum atomic E-state index is -0.0512. The third kappa shape index (κ3) is 3.97. The molecule has 3 rings (SSSR count). The van der Waals surface area contributed by atoms with Crippen LogP contribution in [-0.4, -0.2) is 35.5 Å². The van der Waals surface area contributed by atoms with Gasteiger partial charge < -0.3 is 9.47 Å². The van der Waals surface area contributed by atoms with Crippen molar-refractivity contribution in [3.8, 4) is 5.75 Å². The smallest absolute Gasteiger partial charge is 0.194 e. The van der Waals surface area contributed by atoms with E-state index in [0.29, 0.717) is 18.8 Å². The lowest BCUT2D eigenvalue weighted by atomic mass is 10.1. The summed E-state index contributed by atoms with van der Waals surface area (Å²) in [4.78, 5) is 19.0. The van der Waals surface area contributed by atoms with Gasteiger partial charge in [-0.1, -0.05) is 0 Å². The predicted molar refractivity (Wildman–Crippen MR) is 99.7 cm³/mol. The van der Waals surface area contributed by atoms with Crippen LogP contribution in [0.1, 0.15) is 26.6 Å². The second-order valence-electron chi connectivity index (χ2n) is 5.64. The number of carbonyl (C=O) groups excluding carboxylic acids is 1. The van der Waals surface area contributed by atoms with Gasteiger partial charge in [-0.15, -0.1) is 11.3 Å². The van der Waals surface area contributed by atoms with Crippen molar-refractivity contribution in [3.63, 3.8) is 0 Å². The number of ether oxygens (including phenoxy) is 2. The lowest BCUT2D eigenvalue weighted by Crippen LogP contribution is -2.04. The molecule has 0 aliphatic rings. The second kappa shape index (κ2) is 7.63. The third-order valence-corrected chi connectivity index (χ3v) is 4.65. The van der Waals surface area contributed by atoms with Gasteiger partial charge in [0.1, 0.15) is 12.4 Å². The number of imidazole rings is 1. The molecule has 0 saturated heterocycles. The lowest BCUT2D eigenvalue weighted by molar-refractivity contribution is 0.104. The molecule has 5 nitrogen and oxygen atoms in total. The first-order chi connectivity index (χ1) is 12.1. The highest BCUT2D eigenvalue weighted by Crippen LogP contribution is 2.22. The van der Waals surface area contributed by atoms with Crippen molar-refractivity contribution >= 4 is 28.2 Å². The number of carbonyl (C=O) groups is 1. The summed E-state index contributed by atoms with van der Waals surface area (Å²) in [6, 6.07) is 7.12. The highest BCUT2D eigenvalue weighted by molar-refractivity contribution is 7.17. The van der Waals surface area contributed by atoms with E-state index in [1.54, 1.807) is 48.8 Å². The SMILES string of the molecule is COCCOc1ccc(C(=O)/C=C/c2c(C)nc3sc(C)cn23)cc1. The van der Waals surface area contributed by atoms with Crippen molar-refractivity contribution in [3.05, 3.63) is 58.4 Å². The minimum Gasteiger partial charge on any atom is -0.491 e. The van der Waals surface area contributed by atoms with Crippen LogP contribution in [0.2, 0.25) is 0 Å². The molecule has 25 heavy (non-hydrogen) atoms. The topological polar surface area (TPSA) is 52.8 Å². The molecular formula is C19H20N2O3S. The molecule has 0 spiro atoms. The van der Waals surface area contributed by atoms with E-state index < -0.39 is 0 Å². The fourth-order valence-corrected chi connectivity index (χ4v) is 3.37. The maximum atomic E-state index is 12.4. The van der Waals surface area contributed by atoms with Crippen molar-refractivity contribution in [2.24, 2.45) is 0 Å². The van der Waals surface area contributed by atoms with Crippen LogP contribution < -0.4 is 4.74 Å². The van der Waals surface area contributed by atoms with Crippen molar-refractivity contribution < 1.29 is 14.3 Å². The molecule has 0 saturated carbocycles. The van der Waals surface area contributed by atoms with Crippen LogP contribution in [0.3, 0.4) is 0 Å². The summed E-state index contributed by atoms with van der Waals surface area (Å²) >= 11 is 1.64. The summed E-state index contributed by atoms with van der Waals surface area (Å²) in [5.41, 5.74) is 2.47. The zero-order chi connectivity index (χ0) is 17.8. The molecule has 0 unspecified atom stereocenters. The molecule has 0 aliphatic heterocycles. The molecule has 0 aliphatic carbocycles. The van der Waals surface area contributed by atoms with Crippen LogP contribution in [0.4, 0.5) is 0 Å². The van der Waals surface area contributed by atoms with Gasteiger partial charge in [0, 0.05) is 23.7 Å². The number of methoxy groups -OCH3 is 1. The molecule has 6 heteroatoms. The van der Waals surface area contributed by atoms with Crippen molar-refractivity contribution in [2.75, 3.05) is 20.3 Å². The van der Waals surface area contributed by atoms with Crippen molar-refractivity contribution in [1.29, 1.82) is 0 Å². The number of thiazole rings is 1. The van der Waals surface area contributed by atoms with E-state index in [4.69, 9.17) is 9.47 Å². The molecule has 0 N–H and O–H groups in total. The second-order valence-corrected chi connectivity index (χ2v) is 6.85. The van der Waals surface area contributed by atoms with E-state index in [9.17, 15) is 4.79 Å². The number of benzene rings is 1. The molecule has 0 amide bonds. The number of ketones is 1. The number of rotatable bonds is 7. The van der Waals surface area contributed by atoms with Crippen LogP contribution in [0.15, 0.2) is 36.5 Å². The number of allylic oxidation sites excluding steroid dienone is 1. The monoisotopic (exact) mass is 356 g/mol. The Labute approximate surface area is 150 Å². The summed E-state index contributed by atoms with van der Waals surface area (Å²) in [5.74, 6) is 0.671. The van der Waals surface area contributed by atoms with Gasteiger partial charge in [0.05, 0.1) is 18.0 Å². The van der Waals surface area contributed by atoms with Crippen LogP contribution in [0, 0.1) is 13.8 Å². The first-order valence-electron chi connectivity index (χ1n) is 7.98. The first kappa shape index (κ1) is 17.4. The summed E-state index contributed by atoms with van der Waals surface area (Å²) in [6.07, 6.45) is 5.45. The summed E-state index contributed by atoms with van der Waals surface area (Å²) in [6.45, 7) is 5.01. The first-order valence-corrected chi connectivity index (χ1v) is 8.79. The van der Waals surface area contributed by atoms with Crippen LogP contribution in [0.25, 0.3) is 11.0 Å². The fourth-order valence-electron chi connectivity index (χ4n) is 2.49. The zero-order valence-electron chi connectivity index (χ0n) is 14.5. The van der Waals surface area contributed by atoms with E-state index in [2.05, 4.69) is 4.98 Å². The molecule has 2 aromatic heterocycles. The number of nitrogens with zero attached hydrogens (tertiary/aromatic N) is 2. The Morgan fingerprint density at radius 2 is 2.00 bits per heavy atom. The maximum Gasteiger partial charge on any atom is 0.194 e. The van der Waals surface area contributed by atoms with E-state index >= 15 is 0 Å². The number of aryl methyl sites for hydroxylation is 2. The standard InChI is InChI=1S/C19H20N2O3S/c1-13-12-21-17(14(2)20-19(21)25-13)8-9-18(22)15-4-6-16(7-5-15)24-11-10-23-3/h4-9,12H,10-11H2,1-3H3/b9-8+. The van der Waals surface area contributed by atoms with Gasteiger partial charge in [-0.3, -0.25) is 9.20 Å². The van der Waals surface area contributed by atoms with Gasteiger partial charge in [-0.25, -0.2) is 4.98 Å². The molecule has 0 fully saturated rings. The Balaban J connectivity index is 1.72. The number of hydrogen-bond donors (Lipinski definition) is 0. The van der Waals surface area contributed by atoms with Crippen LogP contribution in [-0.2, 0) is 4.74 Å². The molecule has 1 aromatic carbocycles.